The van der Waals surface area contributed by atoms with Gasteiger partial charge in [-0.1, -0.05) is 6.08 Å². The van der Waals surface area contributed by atoms with Gasteiger partial charge in [0, 0.05) is 13.8 Å². The minimum Gasteiger partial charge on any atom is -0.423 e. The summed E-state index contributed by atoms with van der Waals surface area (Å²) < 4.78 is 10.1. The number of benzene rings is 1. The van der Waals surface area contributed by atoms with Crippen LogP contribution in [-0.2, 0) is 16.0 Å². The van der Waals surface area contributed by atoms with Gasteiger partial charge in [0.1, 0.15) is 0 Å². The zero-order chi connectivity index (χ0) is 13.1. The van der Waals surface area contributed by atoms with Crippen molar-refractivity contribution in [2.45, 2.75) is 26.7 Å². The molecule has 1 aliphatic rings. The van der Waals surface area contributed by atoms with Crippen molar-refractivity contribution in [3.63, 3.8) is 0 Å². The number of hydrogen-bond donors (Lipinski definition) is 0. The Hall–Kier alpha value is -2.10. The van der Waals surface area contributed by atoms with Gasteiger partial charge in [0.2, 0.25) is 0 Å². The van der Waals surface area contributed by atoms with Gasteiger partial charge in [-0.05, 0) is 42.2 Å². The van der Waals surface area contributed by atoms with Crippen molar-refractivity contribution in [1.29, 1.82) is 0 Å². The van der Waals surface area contributed by atoms with Crippen LogP contribution in [0, 0.1) is 6.08 Å². The SMILES string of the molecule is CC(=O)Oc1cc2c(cc1OC(C)=O)CC[C]=C2. The zero-order valence-corrected chi connectivity index (χ0v) is 10.3. The second-order valence-corrected chi connectivity index (χ2v) is 4.03. The molecule has 4 nitrogen and oxygen atoms in total. The maximum Gasteiger partial charge on any atom is 0.308 e. The van der Waals surface area contributed by atoms with E-state index in [4.69, 9.17) is 9.47 Å². The Morgan fingerprint density at radius 2 is 1.72 bits per heavy atom. The molecule has 93 valence electrons. The number of rotatable bonds is 2. The Bertz CT molecular complexity index is 529. The average Bonchev–Trinajstić information content (AvgIpc) is 2.28. The normalized spacial score (nSPS) is 12.8. The summed E-state index contributed by atoms with van der Waals surface area (Å²) in [5.74, 6) is -0.350. The highest BCUT2D eigenvalue weighted by atomic mass is 16.6. The highest BCUT2D eigenvalue weighted by molar-refractivity contribution is 5.75. The zero-order valence-electron chi connectivity index (χ0n) is 10.3. The molecule has 0 saturated carbocycles. The fourth-order valence-electron chi connectivity index (χ4n) is 1.83. The molecule has 1 radical (unpaired) electrons. The topological polar surface area (TPSA) is 52.6 Å². The monoisotopic (exact) mass is 245 g/mol. The molecule has 0 aliphatic heterocycles. The average molecular weight is 245 g/mol. The van der Waals surface area contributed by atoms with E-state index in [9.17, 15) is 9.59 Å². The van der Waals surface area contributed by atoms with Crippen LogP contribution in [0.1, 0.15) is 31.4 Å². The summed E-state index contributed by atoms with van der Waals surface area (Å²) in [5, 5.41) is 0. The molecule has 1 aliphatic carbocycles. The second kappa shape index (κ2) is 5.04. The van der Waals surface area contributed by atoms with Crippen LogP contribution in [0.2, 0.25) is 0 Å². The van der Waals surface area contributed by atoms with Crippen LogP contribution >= 0.6 is 0 Å². The number of ether oxygens (including phenoxy) is 2. The summed E-state index contributed by atoms with van der Waals surface area (Å²) in [7, 11) is 0. The van der Waals surface area contributed by atoms with E-state index in [1.54, 1.807) is 12.1 Å². The molecule has 2 rings (SSSR count). The first-order chi connectivity index (χ1) is 8.56. The van der Waals surface area contributed by atoms with E-state index in [0.717, 1.165) is 24.0 Å². The molecule has 1 aromatic carbocycles. The largest absolute Gasteiger partial charge is 0.423 e. The molecule has 0 fully saturated rings. The van der Waals surface area contributed by atoms with Gasteiger partial charge in [0.25, 0.3) is 0 Å². The van der Waals surface area contributed by atoms with Crippen molar-refractivity contribution in [2.75, 3.05) is 0 Å². The lowest BCUT2D eigenvalue weighted by Gasteiger charge is -2.15. The predicted molar refractivity (Wildman–Crippen MR) is 65.1 cm³/mol. The van der Waals surface area contributed by atoms with E-state index in [1.165, 1.54) is 13.8 Å². The molecule has 4 heteroatoms. The van der Waals surface area contributed by atoms with E-state index in [-0.39, 0.29) is 11.5 Å². The van der Waals surface area contributed by atoms with Crippen molar-refractivity contribution in [3.05, 3.63) is 29.3 Å². The number of aryl methyl sites for hydroxylation is 1. The molecule has 0 saturated heterocycles. The Balaban J connectivity index is 2.44. The predicted octanol–water partition coefficient (Wildman–Crippen LogP) is 2.30. The molecule has 0 heterocycles. The summed E-state index contributed by atoms with van der Waals surface area (Å²) in [6.07, 6.45) is 6.63. The van der Waals surface area contributed by atoms with Gasteiger partial charge in [-0.15, -0.1) is 0 Å². The van der Waals surface area contributed by atoms with Gasteiger partial charge in [-0.25, -0.2) is 0 Å². The van der Waals surface area contributed by atoms with Crippen molar-refractivity contribution in [2.24, 2.45) is 0 Å². The summed E-state index contributed by atoms with van der Waals surface area (Å²) >= 11 is 0. The summed E-state index contributed by atoms with van der Waals surface area (Å²) in [4.78, 5) is 22.1. The number of allylic oxidation sites excluding steroid dienone is 1. The maximum absolute atomic E-state index is 11.0. The molecule has 18 heavy (non-hydrogen) atoms. The van der Waals surface area contributed by atoms with Gasteiger partial charge in [-0.2, -0.15) is 0 Å². The third-order valence-corrected chi connectivity index (χ3v) is 2.51. The first-order valence-electron chi connectivity index (χ1n) is 5.66. The standard InChI is InChI=1S/C14H13O4/c1-9(15)17-13-7-11-5-3-4-6-12(11)8-14(13)18-10(2)16/h6-8H,3,5H2,1-2H3. The fraction of sp³-hybridized carbons (Fsp3) is 0.286. The molecule has 0 unspecified atom stereocenters. The molecule has 0 bridgehead atoms. The molecule has 1 aromatic rings. The van der Waals surface area contributed by atoms with Crippen LogP contribution in [0.5, 0.6) is 11.5 Å². The number of fused-ring (bicyclic) bond motifs is 1. The third-order valence-electron chi connectivity index (χ3n) is 2.51. The first-order valence-corrected chi connectivity index (χ1v) is 5.66. The van der Waals surface area contributed by atoms with E-state index in [2.05, 4.69) is 6.08 Å². The smallest absolute Gasteiger partial charge is 0.308 e. The molecule has 0 atom stereocenters. The summed E-state index contributed by atoms with van der Waals surface area (Å²) in [6, 6.07) is 3.44. The van der Waals surface area contributed by atoms with E-state index in [0.29, 0.717) is 0 Å². The lowest BCUT2D eigenvalue weighted by atomic mass is 9.97. The van der Waals surface area contributed by atoms with E-state index in [1.807, 2.05) is 6.08 Å². The van der Waals surface area contributed by atoms with Gasteiger partial charge in [0.15, 0.2) is 11.5 Å². The Morgan fingerprint density at radius 1 is 1.11 bits per heavy atom. The van der Waals surface area contributed by atoms with Gasteiger partial charge >= 0.3 is 11.9 Å². The second-order valence-electron chi connectivity index (χ2n) is 4.03. The highest BCUT2D eigenvalue weighted by Crippen LogP contribution is 2.34. The minimum absolute atomic E-state index is 0.261. The van der Waals surface area contributed by atoms with Crippen LogP contribution in [0.4, 0.5) is 0 Å². The highest BCUT2D eigenvalue weighted by Gasteiger charge is 2.15. The Morgan fingerprint density at radius 3 is 2.33 bits per heavy atom. The van der Waals surface area contributed by atoms with Crippen LogP contribution < -0.4 is 9.47 Å². The summed E-state index contributed by atoms with van der Waals surface area (Å²) in [5.41, 5.74) is 1.99. The quantitative estimate of drug-likeness (QED) is 0.592. The van der Waals surface area contributed by atoms with Gasteiger partial charge < -0.3 is 9.47 Å². The Labute approximate surface area is 105 Å². The van der Waals surface area contributed by atoms with Crippen molar-refractivity contribution in [1.82, 2.24) is 0 Å². The van der Waals surface area contributed by atoms with Crippen molar-refractivity contribution < 1.29 is 19.1 Å². The lowest BCUT2D eigenvalue weighted by Crippen LogP contribution is -2.08. The lowest BCUT2D eigenvalue weighted by molar-refractivity contribution is -0.134. The molecule has 0 spiro atoms. The molecular weight excluding hydrogens is 232 g/mol. The van der Waals surface area contributed by atoms with Crippen LogP contribution in [-0.4, -0.2) is 11.9 Å². The fourth-order valence-corrected chi connectivity index (χ4v) is 1.83. The molecule has 0 amide bonds. The maximum atomic E-state index is 11.0. The van der Waals surface area contributed by atoms with Crippen molar-refractivity contribution >= 4 is 18.0 Å². The number of hydrogen-bond acceptors (Lipinski definition) is 4. The van der Waals surface area contributed by atoms with Gasteiger partial charge in [-0.3, -0.25) is 9.59 Å². The van der Waals surface area contributed by atoms with E-state index < -0.39 is 11.9 Å². The Kier molecular flexibility index (Phi) is 3.46. The number of esters is 2. The van der Waals surface area contributed by atoms with E-state index >= 15 is 0 Å². The molecule has 0 aromatic heterocycles. The minimum atomic E-state index is -0.452. The molecular formula is C14H13O4. The summed E-state index contributed by atoms with van der Waals surface area (Å²) in [6.45, 7) is 2.61. The van der Waals surface area contributed by atoms with Gasteiger partial charge in [0.05, 0.1) is 0 Å². The first kappa shape index (κ1) is 12.4. The van der Waals surface area contributed by atoms with Crippen LogP contribution in [0.3, 0.4) is 0 Å². The third kappa shape index (κ3) is 2.77. The molecule has 0 N–H and O–H groups in total. The number of carbonyl (C=O) groups excluding carboxylic acids is 2. The van der Waals surface area contributed by atoms with Crippen LogP contribution in [0.25, 0.3) is 6.08 Å². The van der Waals surface area contributed by atoms with Crippen LogP contribution in [0.15, 0.2) is 12.1 Å². The van der Waals surface area contributed by atoms with Crippen molar-refractivity contribution in [3.8, 4) is 11.5 Å². The number of carbonyl (C=O) groups is 2.